The molecule has 1 unspecified atom stereocenters. The summed E-state index contributed by atoms with van der Waals surface area (Å²) in [5.41, 5.74) is 2.37. The molecule has 0 aliphatic heterocycles. The van der Waals surface area contributed by atoms with Gasteiger partial charge in [0.05, 0.1) is 0 Å². The number of benzene rings is 2. The second kappa shape index (κ2) is 7.01. The van der Waals surface area contributed by atoms with Gasteiger partial charge in [-0.2, -0.15) is 0 Å². The van der Waals surface area contributed by atoms with Gasteiger partial charge in [-0.1, -0.05) is 24.6 Å². The van der Waals surface area contributed by atoms with Crippen LogP contribution in [0.15, 0.2) is 36.4 Å². The highest BCUT2D eigenvalue weighted by Gasteiger charge is 2.16. The van der Waals surface area contributed by atoms with Crippen molar-refractivity contribution in [2.45, 2.75) is 26.3 Å². The van der Waals surface area contributed by atoms with Crippen LogP contribution in [0.25, 0.3) is 0 Å². The van der Waals surface area contributed by atoms with E-state index in [4.69, 9.17) is 11.6 Å². The Balaban J connectivity index is 2.32. The first-order valence-electron chi connectivity index (χ1n) is 6.94. The van der Waals surface area contributed by atoms with Gasteiger partial charge in [0.2, 0.25) is 0 Å². The van der Waals surface area contributed by atoms with Gasteiger partial charge in [-0.25, -0.2) is 8.78 Å². The number of rotatable bonds is 5. The average molecular weight is 310 g/mol. The number of hydrogen-bond donors (Lipinski definition) is 1. The maximum atomic E-state index is 13.9. The molecular weight excluding hydrogens is 292 g/mol. The van der Waals surface area contributed by atoms with E-state index in [1.807, 2.05) is 13.8 Å². The molecule has 0 bridgehead atoms. The normalized spacial score (nSPS) is 12.4. The highest BCUT2D eigenvalue weighted by Crippen LogP contribution is 2.25. The van der Waals surface area contributed by atoms with Gasteiger partial charge in [0.15, 0.2) is 0 Å². The third kappa shape index (κ3) is 4.02. The van der Waals surface area contributed by atoms with E-state index in [0.29, 0.717) is 17.0 Å². The molecule has 2 aromatic carbocycles. The van der Waals surface area contributed by atoms with Gasteiger partial charge in [0.1, 0.15) is 11.6 Å². The Hall–Kier alpha value is -1.45. The molecule has 1 atom stereocenters. The summed E-state index contributed by atoms with van der Waals surface area (Å²) in [6.45, 7) is 4.58. The smallest absolute Gasteiger partial charge is 0.126 e. The predicted octanol–water partition coefficient (Wildman–Crippen LogP) is 4.82. The first kappa shape index (κ1) is 15.9. The average Bonchev–Trinajstić information content (AvgIpc) is 2.42. The molecule has 1 nitrogen and oxygen atoms in total. The highest BCUT2D eigenvalue weighted by molar-refractivity contribution is 6.30. The molecule has 0 heterocycles. The van der Waals surface area contributed by atoms with Gasteiger partial charge in [-0.15, -0.1) is 0 Å². The minimum Gasteiger partial charge on any atom is -0.310 e. The Morgan fingerprint density at radius 3 is 2.57 bits per heavy atom. The van der Waals surface area contributed by atoms with Crippen molar-refractivity contribution < 1.29 is 8.78 Å². The Kier molecular flexibility index (Phi) is 5.32. The summed E-state index contributed by atoms with van der Waals surface area (Å²) in [5, 5.41) is 3.83. The maximum absolute atomic E-state index is 13.9. The fourth-order valence-electron chi connectivity index (χ4n) is 2.49. The molecule has 0 saturated carbocycles. The van der Waals surface area contributed by atoms with E-state index in [1.54, 1.807) is 12.1 Å². The Labute approximate surface area is 128 Å². The van der Waals surface area contributed by atoms with Crippen molar-refractivity contribution >= 4 is 11.6 Å². The third-order valence-corrected chi connectivity index (χ3v) is 3.72. The second-order valence-corrected chi connectivity index (χ2v) is 5.49. The van der Waals surface area contributed by atoms with E-state index in [-0.39, 0.29) is 17.7 Å². The van der Waals surface area contributed by atoms with E-state index in [1.165, 1.54) is 24.3 Å². The van der Waals surface area contributed by atoms with Crippen LogP contribution in [-0.4, -0.2) is 6.54 Å². The topological polar surface area (TPSA) is 12.0 Å². The van der Waals surface area contributed by atoms with E-state index >= 15 is 0 Å². The van der Waals surface area contributed by atoms with Crippen LogP contribution in [0.2, 0.25) is 5.02 Å². The number of likely N-dealkylation sites (N-methyl/N-ethyl adjacent to an activating group) is 1. The molecule has 0 amide bonds. The van der Waals surface area contributed by atoms with E-state index < -0.39 is 0 Å². The summed E-state index contributed by atoms with van der Waals surface area (Å²) in [4.78, 5) is 0. The van der Waals surface area contributed by atoms with E-state index in [0.717, 1.165) is 17.7 Å². The minimum absolute atomic E-state index is 0.0800. The molecule has 0 saturated heterocycles. The Bertz CT molecular complexity index is 628. The molecule has 0 fully saturated rings. The van der Waals surface area contributed by atoms with Crippen molar-refractivity contribution in [3.63, 3.8) is 0 Å². The van der Waals surface area contributed by atoms with Crippen molar-refractivity contribution in [2.75, 3.05) is 6.54 Å². The molecule has 112 valence electrons. The third-order valence-electron chi connectivity index (χ3n) is 3.49. The molecule has 0 aromatic heterocycles. The monoisotopic (exact) mass is 309 g/mol. The zero-order valence-electron chi connectivity index (χ0n) is 12.1. The number of hydrogen-bond acceptors (Lipinski definition) is 1. The van der Waals surface area contributed by atoms with Crippen molar-refractivity contribution in [1.29, 1.82) is 0 Å². The maximum Gasteiger partial charge on any atom is 0.126 e. The lowest BCUT2D eigenvalue weighted by Gasteiger charge is -2.21. The van der Waals surface area contributed by atoms with E-state index in [9.17, 15) is 8.78 Å². The van der Waals surface area contributed by atoms with Crippen LogP contribution in [0.5, 0.6) is 0 Å². The predicted molar refractivity (Wildman–Crippen MR) is 82.7 cm³/mol. The van der Waals surface area contributed by atoms with Crippen LogP contribution in [0.4, 0.5) is 8.78 Å². The first-order chi connectivity index (χ1) is 10.0. The molecular formula is C17H18ClF2N. The van der Waals surface area contributed by atoms with Gasteiger partial charge in [-0.3, -0.25) is 0 Å². The van der Waals surface area contributed by atoms with Crippen molar-refractivity contribution in [3.8, 4) is 0 Å². The molecule has 2 aromatic rings. The molecule has 0 spiro atoms. The van der Waals surface area contributed by atoms with Gasteiger partial charge >= 0.3 is 0 Å². The quantitative estimate of drug-likeness (QED) is 0.835. The standard InChI is InChI=1S/C17H18ClF2N/c1-3-21-17(15-6-5-14(19)8-11(15)2)10-12-9-13(18)4-7-16(12)20/h4-9,17,21H,3,10H2,1-2H3. The second-order valence-electron chi connectivity index (χ2n) is 5.05. The zero-order chi connectivity index (χ0) is 15.4. The van der Waals surface area contributed by atoms with Crippen LogP contribution in [0.1, 0.15) is 29.7 Å². The lowest BCUT2D eigenvalue weighted by atomic mass is 9.95. The molecule has 0 radical (unpaired) electrons. The number of halogens is 3. The van der Waals surface area contributed by atoms with Crippen molar-refractivity contribution in [1.82, 2.24) is 5.32 Å². The molecule has 0 aliphatic carbocycles. The summed E-state index contributed by atoms with van der Waals surface area (Å²) < 4.78 is 27.1. The van der Waals surface area contributed by atoms with Gasteiger partial charge in [0, 0.05) is 11.1 Å². The van der Waals surface area contributed by atoms with Crippen LogP contribution in [0, 0.1) is 18.6 Å². The Morgan fingerprint density at radius 1 is 1.14 bits per heavy atom. The minimum atomic E-state index is -0.276. The molecule has 21 heavy (non-hydrogen) atoms. The molecule has 4 heteroatoms. The Morgan fingerprint density at radius 2 is 1.90 bits per heavy atom. The first-order valence-corrected chi connectivity index (χ1v) is 7.32. The van der Waals surface area contributed by atoms with Crippen LogP contribution in [-0.2, 0) is 6.42 Å². The van der Waals surface area contributed by atoms with Crippen LogP contribution >= 0.6 is 11.6 Å². The van der Waals surface area contributed by atoms with E-state index in [2.05, 4.69) is 5.32 Å². The lowest BCUT2D eigenvalue weighted by Crippen LogP contribution is -2.24. The fraction of sp³-hybridized carbons (Fsp3) is 0.294. The summed E-state index contributed by atoms with van der Waals surface area (Å²) in [6, 6.07) is 9.14. The SMILES string of the molecule is CCNC(Cc1cc(Cl)ccc1F)c1ccc(F)cc1C. The van der Waals surface area contributed by atoms with Crippen LogP contribution in [0.3, 0.4) is 0 Å². The molecule has 1 N–H and O–H groups in total. The molecule has 0 aliphatic rings. The number of nitrogens with one attached hydrogen (secondary N) is 1. The summed E-state index contributed by atoms with van der Waals surface area (Å²) in [6.07, 6.45) is 0.465. The van der Waals surface area contributed by atoms with Crippen molar-refractivity contribution in [2.24, 2.45) is 0 Å². The van der Waals surface area contributed by atoms with Gasteiger partial charge < -0.3 is 5.32 Å². The van der Waals surface area contributed by atoms with Gasteiger partial charge in [-0.05, 0) is 66.9 Å². The summed E-state index contributed by atoms with van der Waals surface area (Å²) in [5.74, 6) is -0.539. The summed E-state index contributed by atoms with van der Waals surface area (Å²) >= 11 is 5.94. The lowest BCUT2D eigenvalue weighted by molar-refractivity contribution is 0.524. The van der Waals surface area contributed by atoms with Crippen molar-refractivity contribution in [3.05, 3.63) is 69.7 Å². The molecule has 2 rings (SSSR count). The number of aryl methyl sites for hydroxylation is 1. The zero-order valence-corrected chi connectivity index (χ0v) is 12.8. The van der Waals surface area contributed by atoms with Crippen LogP contribution < -0.4 is 5.32 Å². The van der Waals surface area contributed by atoms with Gasteiger partial charge in [0.25, 0.3) is 0 Å². The largest absolute Gasteiger partial charge is 0.310 e. The fourth-order valence-corrected chi connectivity index (χ4v) is 2.68. The summed E-state index contributed by atoms with van der Waals surface area (Å²) in [7, 11) is 0. The highest BCUT2D eigenvalue weighted by atomic mass is 35.5.